The normalized spacial score (nSPS) is 19.2. The molecular weight excluding hydrogens is 651 g/mol. The van der Waals surface area contributed by atoms with Crippen LogP contribution in [0.25, 0.3) is 11.1 Å². The molecule has 3 aromatic carbocycles. The van der Waals surface area contributed by atoms with Crippen molar-refractivity contribution >= 4 is 35.0 Å². The summed E-state index contributed by atoms with van der Waals surface area (Å²) in [5.74, 6) is -0.0629. The van der Waals surface area contributed by atoms with Crippen LogP contribution in [0.2, 0.25) is 10.3 Å². The fourth-order valence-electron chi connectivity index (χ4n) is 5.90. The standard InChI is InChI=1S/C37H42Cl2N4O5/c1-24-32(21-43-23-42-35(38)36(43)39)47-37(48-34(24)28-13-11-26(22-44)12-14-28)29-17-15-27(16-18-29)31-9-6-5-8-30(31)20-41-33(46)10-4-3-7-19-40-25(2)45/h5-6,8-9,11-18,23-24,32,34,37,44H,3-4,7,10,19-22H2,1-2H3,(H,40,45)(H,41,46)/t24-,32+,34+,37+/m1/s1. The first kappa shape index (κ1) is 35.6. The second kappa shape index (κ2) is 17.1. The number of unbranched alkanes of at least 4 members (excludes halogenated alkanes) is 2. The number of aliphatic hydroxyl groups excluding tert-OH is 1. The lowest BCUT2D eigenvalue weighted by Crippen LogP contribution is -2.39. The van der Waals surface area contributed by atoms with Gasteiger partial charge < -0.3 is 29.8 Å². The molecule has 0 saturated carbocycles. The molecule has 4 aromatic rings. The number of imidazole rings is 1. The van der Waals surface area contributed by atoms with Crippen LogP contribution in [0.1, 0.15) is 74.2 Å². The Kier molecular flexibility index (Phi) is 12.7. The Labute approximate surface area is 291 Å². The molecule has 5 rings (SSSR count). The van der Waals surface area contributed by atoms with E-state index in [9.17, 15) is 14.7 Å². The fourth-order valence-corrected chi connectivity index (χ4v) is 6.22. The van der Waals surface area contributed by atoms with Gasteiger partial charge in [0, 0.05) is 37.9 Å². The van der Waals surface area contributed by atoms with E-state index in [2.05, 4.69) is 28.6 Å². The Bertz CT molecular complexity index is 1660. The summed E-state index contributed by atoms with van der Waals surface area (Å²) in [6.07, 6.45) is 3.38. The summed E-state index contributed by atoms with van der Waals surface area (Å²) >= 11 is 12.5. The molecule has 254 valence electrons. The summed E-state index contributed by atoms with van der Waals surface area (Å²) < 4.78 is 15.0. The highest BCUT2D eigenvalue weighted by Gasteiger charge is 2.39. The van der Waals surface area contributed by atoms with E-state index >= 15 is 0 Å². The van der Waals surface area contributed by atoms with E-state index in [1.807, 2.05) is 66.7 Å². The molecule has 0 radical (unpaired) electrons. The average Bonchev–Trinajstić information content (AvgIpc) is 3.42. The maximum atomic E-state index is 12.5. The minimum Gasteiger partial charge on any atom is -0.392 e. The number of benzene rings is 3. The molecule has 1 aromatic heterocycles. The molecule has 1 aliphatic heterocycles. The van der Waals surface area contributed by atoms with Crippen LogP contribution in [-0.2, 0) is 38.8 Å². The molecule has 0 unspecified atom stereocenters. The molecular formula is C37H42Cl2N4O5. The predicted molar refractivity (Wildman–Crippen MR) is 186 cm³/mol. The van der Waals surface area contributed by atoms with Gasteiger partial charge in [-0.15, -0.1) is 0 Å². The number of halogens is 2. The third-order valence-corrected chi connectivity index (χ3v) is 9.44. The lowest BCUT2D eigenvalue weighted by Gasteiger charge is -2.41. The third kappa shape index (κ3) is 9.24. The molecule has 48 heavy (non-hydrogen) atoms. The van der Waals surface area contributed by atoms with Crippen molar-refractivity contribution < 1.29 is 24.2 Å². The number of aliphatic hydroxyl groups is 1. The molecule has 3 N–H and O–H groups in total. The molecule has 1 saturated heterocycles. The highest BCUT2D eigenvalue weighted by molar-refractivity contribution is 6.40. The van der Waals surface area contributed by atoms with Crippen molar-refractivity contribution in [1.82, 2.24) is 20.2 Å². The molecule has 9 nitrogen and oxygen atoms in total. The van der Waals surface area contributed by atoms with Crippen LogP contribution in [-0.4, -0.2) is 39.1 Å². The molecule has 1 fully saturated rings. The van der Waals surface area contributed by atoms with E-state index < -0.39 is 6.29 Å². The summed E-state index contributed by atoms with van der Waals surface area (Å²) in [5, 5.41) is 16.0. The maximum Gasteiger partial charge on any atom is 0.220 e. The second-order valence-corrected chi connectivity index (χ2v) is 12.9. The molecule has 1 aliphatic rings. The van der Waals surface area contributed by atoms with Gasteiger partial charge >= 0.3 is 0 Å². The number of aromatic nitrogens is 2. The van der Waals surface area contributed by atoms with E-state index in [0.717, 1.165) is 52.6 Å². The van der Waals surface area contributed by atoms with Crippen molar-refractivity contribution in [3.05, 3.63) is 112 Å². The summed E-state index contributed by atoms with van der Waals surface area (Å²) in [5.41, 5.74) is 5.75. The van der Waals surface area contributed by atoms with Crippen molar-refractivity contribution in [2.75, 3.05) is 6.54 Å². The number of ether oxygens (including phenoxy) is 2. The van der Waals surface area contributed by atoms with E-state index in [1.165, 1.54) is 6.92 Å². The monoisotopic (exact) mass is 692 g/mol. The zero-order chi connectivity index (χ0) is 34.0. The Hall–Kier alpha value is -3.73. The Morgan fingerprint density at radius 2 is 1.65 bits per heavy atom. The van der Waals surface area contributed by atoms with E-state index in [1.54, 1.807) is 10.9 Å². The van der Waals surface area contributed by atoms with Gasteiger partial charge in [0.05, 0.1) is 31.7 Å². The van der Waals surface area contributed by atoms with Gasteiger partial charge in [-0.2, -0.15) is 0 Å². The number of carbonyl (C=O) groups excluding carboxylic acids is 2. The Morgan fingerprint density at radius 1 is 0.917 bits per heavy atom. The van der Waals surface area contributed by atoms with Crippen LogP contribution in [0.15, 0.2) is 79.1 Å². The van der Waals surface area contributed by atoms with Gasteiger partial charge in [-0.1, -0.05) is 109 Å². The molecule has 4 atom stereocenters. The number of rotatable bonds is 14. The lowest BCUT2D eigenvalue weighted by atomic mass is 9.90. The first-order chi connectivity index (χ1) is 23.2. The van der Waals surface area contributed by atoms with Crippen molar-refractivity contribution in [2.45, 2.75) is 77.7 Å². The molecule has 2 amide bonds. The topological polar surface area (TPSA) is 115 Å². The van der Waals surface area contributed by atoms with Gasteiger partial charge in [-0.05, 0) is 40.7 Å². The van der Waals surface area contributed by atoms with Crippen LogP contribution in [0.3, 0.4) is 0 Å². The maximum absolute atomic E-state index is 12.5. The zero-order valence-corrected chi connectivity index (χ0v) is 28.7. The fraction of sp³-hybridized carbons (Fsp3) is 0.378. The first-order valence-corrected chi connectivity index (χ1v) is 17.0. The summed E-state index contributed by atoms with van der Waals surface area (Å²) in [6.45, 7) is 5.07. The number of nitrogens with zero attached hydrogens (tertiary/aromatic N) is 2. The molecule has 0 aliphatic carbocycles. The number of hydrogen-bond acceptors (Lipinski definition) is 6. The summed E-state index contributed by atoms with van der Waals surface area (Å²) in [4.78, 5) is 27.6. The van der Waals surface area contributed by atoms with Crippen LogP contribution in [0.5, 0.6) is 0 Å². The van der Waals surface area contributed by atoms with Crippen LogP contribution in [0.4, 0.5) is 0 Å². The molecule has 0 spiro atoms. The lowest BCUT2D eigenvalue weighted by molar-refractivity contribution is -0.276. The van der Waals surface area contributed by atoms with Crippen LogP contribution < -0.4 is 10.6 Å². The van der Waals surface area contributed by atoms with Crippen LogP contribution in [0, 0.1) is 5.92 Å². The molecule has 2 heterocycles. The largest absolute Gasteiger partial charge is 0.392 e. The van der Waals surface area contributed by atoms with Crippen LogP contribution >= 0.6 is 23.2 Å². The highest BCUT2D eigenvalue weighted by atomic mass is 35.5. The van der Waals surface area contributed by atoms with Gasteiger partial charge in [-0.3, -0.25) is 9.59 Å². The smallest absolute Gasteiger partial charge is 0.220 e. The quantitative estimate of drug-likeness (QED) is 0.121. The predicted octanol–water partition coefficient (Wildman–Crippen LogP) is 7.15. The molecule has 0 bridgehead atoms. The van der Waals surface area contributed by atoms with Gasteiger partial charge in [0.1, 0.15) is 5.15 Å². The van der Waals surface area contributed by atoms with Crippen molar-refractivity contribution in [3.63, 3.8) is 0 Å². The number of hydrogen-bond donors (Lipinski definition) is 3. The minimum atomic E-state index is -0.645. The third-order valence-electron chi connectivity index (χ3n) is 8.67. The SMILES string of the molecule is CC(=O)NCCCCCC(=O)NCc1ccccc1-c1ccc([C@H]2O[C@@H](Cn3cnc(Cl)c3Cl)[C@@H](C)[C@@H](c3ccc(CO)cc3)O2)cc1. The zero-order valence-electron chi connectivity index (χ0n) is 27.2. The van der Waals surface area contributed by atoms with Crippen molar-refractivity contribution in [1.29, 1.82) is 0 Å². The van der Waals surface area contributed by atoms with E-state index in [4.69, 9.17) is 32.7 Å². The van der Waals surface area contributed by atoms with E-state index in [0.29, 0.717) is 31.2 Å². The van der Waals surface area contributed by atoms with Crippen molar-refractivity contribution in [2.24, 2.45) is 5.92 Å². The van der Waals surface area contributed by atoms with Gasteiger partial charge in [0.25, 0.3) is 0 Å². The number of nitrogens with one attached hydrogen (secondary N) is 2. The van der Waals surface area contributed by atoms with E-state index in [-0.39, 0.29) is 41.7 Å². The summed E-state index contributed by atoms with van der Waals surface area (Å²) in [6, 6.07) is 23.9. The highest BCUT2D eigenvalue weighted by Crippen LogP contribution is 2.43. The minimum absolute atomic E-state index is 0.00913. The second-order valence-electron chi connectivity index (χ2n) is 12.2. The number of amides is 2. The Balaban J connectivity index is 1.27. The molecule has 11 heteroatoms. The summed E-state index contributed by atoms with van der Waals surface area (Å²) in [7, 11) is 0. The Morgan fingerprint density at radius 3 is 2.33 bits per heavy atom. The van der Waals surface area contributed by atoms with Gasteiger partial charge in [0.15, 0.2) is 11.4 Å². The average molecular weight is 694 g/mol. The number of carbonyl (C=O) groups is 2. The van der Waals surface area contributed by atoms with Gasteiger partial charge in [0.2, 0.25) is 11.8 Å². The van der Waals surface area contributed by atoms with Gasteiger partial charge in [-0.25, -0.2) is 4.98 Å². The first-order valence-electron chi connectivity index (χ1n) is 16.3. The van der Waals surface area contributed by atoms with Crippen molar-refractivity contribution in [3.8, 4) is 11.1 Å².